The molecule has 0 radical (unpaired) electrons. The molecule has 3 aromatic carbocycles. The Morgan fingerprint density at radius 1 is 0.852 bits per heavy atom. The second kappa shape index (κ2) is 9.01. The number of benzene rings is 3. The van der Waals surface area contributed by atoms with Crippen molar-refractivity contribution in [3.8, 4) is 5.75 Å². The summed E-state index contributed by atoms with van der Waals surface area (Å²) in [6, 6.07) is 22.9. The maximum Gasteiger partial charge on any atom is 0.342 e. The lowest BCUT2D eigenvalue weighted by molar-refractivity contribution is 0.0470. The molecule has 0 aliphatic rings. The molecule has 0 amide bonds. The molecular weight excluding hydrogens is 364 g/mol. The molecule has 3 rings (SSSR count). The molecule has 0 fully saturated rings. The fraction of sp³-hybridized carbons (Fsp3) is 0.0909. The Morgan fingerprint density at radius 2 is 1.52 bits per heavy atom. The van der Waals surface area contributed by atoms with Crippen molar-refractivity contribution in [3.05, 3.63) is 101 Å². The van der Waals surface area contributed by atoms with Crippen LogP contribution in [-0.4, -0.2) is 18.4 Å². The summed E-state index contributed by atoms with van der Waals surface area (Å²) in [6.45, 7) is -0.0564. The predicted molar refractivity (Wildman–Crippen MR) is 103 cm³/mol. The minimum atomic E-state index is -0.662. The summed E-state index contributed by atoms with van der Waals surface area (Å²) in [5.41, 5.74) is 1.63. The number of esters is 1. The van der Waals surface area contributed by atoms with Gasteiger partial charge in [0, 0.05) is 10.6 Å². The van der Waals surface area contributed by atoms with Gasteiger partial charge in [0.05, 0.1) is 0 Å². The average Bonchev–Trinajstić information content (AvgIpc) is 2.72. The maximum atomic E-state index is 12.5. The molecule has 0 saturated heterocycles. The Kier molecular flexibility index (Phi) is 6.23. The number of ketones is 1. The van der Waals surface area contributed by atoms with Gasteiger partial charge >= 0.3 is 5.97 Å². The van der Waals surface area contributed by atoms with E-state index in [0.717, 1.165) is 5.56 Å². The smallest absolute Gasteiger partial charge is 0.342 e. The molecule has 0 heterocycles. The number of halogens is 1. The fourth-order valence-electron chi connectivity index (χ4n) is 2.44. The Morgan fingerprint density at radius 3 is 2.22 bits per heavy atom. The predicted octanol–water partition coefficient (Wildman–Crippen LogP) is 4.96. The molecule has 3 aromatic rings. The highest BCUT2D eigenvalue weighted by Crippen LogP contribution is 2.25. The van der Waals surface area contributed by atoms with Crippen molar-refractivity contribution in [2.75, 3.05) is 6.61 Å². The molecule has 4 nitrogen and oxygen atoms in total. The van der Waals surface area contributed by atoms with E-state index in [4.69, 9.17) is 21.1 Å². The largest absolute Gasteiger partial charge is 0.488 e. The van der Waals surface area contributed by atoms with Crippen LogP contribution in [0, 0.1) is 0 Å². The van der Waals surface area contributed by atoms with Gasteiger partial charge in [0.1, 0.15) is 17.9 Å². The standard InChI is InChI=1S/C22H17ClO4/c23-18-11-12-21(26-14-16-7-3-1-4-8-16)19(13-18)22(25)27-15-20(24)17-9-5-2-6-10-17/h1-13H,14-15H2. The number of carbonyl (C=O) groups is 2. The van der Waals surface area contributed by atoms with Crippen molar-refractivity contribution in [1.82, 2.24) is 0 Å². The van der Waals surface area contributed by atoms with Crippen LogP contribution in [0.1, 0.15) is 26.3 Å². The molecule has 136 valence electrons. The third kappa shape index (κ3) is 5.19. The quantitative estimate of drug-likeness (QED) is 0.429. The van der Waals surface area contributed by atoms with E-state index in [1.807, 2.05) is 36.4 Å². The van der Waals surface area contributed by atoms with Crippen LogP contribution in [0.2, 0.25) is 5.02 Å². The van der Waals surface area contributed by atoms with E-state index in [-0.39, 0.29) is 18.0 Å². The number of hydrogen-bond donors (Lipinski definition) is 0. The number of hydrogen-bond acceptors (Lipinski definition) is 4. The van der Waals surface area contributed by atoms with Gasteiger partial charge in [0.25, 0.3) is 0 Å². The van der Waals surface area contributed by atoms with Crippen molar-refractivity contribution < 1.29 is 19.1 Å². The monoisotopic (exact) mass is 380 g/mol. The Labute approximate surface area is 162 Å². The van der Waals surface area contributed by atoms with Crippen LogP contribution in [0.4, 0.5) is 0 Å². The first kappa shape index (κ1) is 18.7. The molecule has 0 aliphatic carbocycles. The van der Waals surface area contributed by atoms with E-state index in [0.29, 0.717) is 22.9 Å². The number of Topliss-reactive ketones (excluding diaryl/α,β-unsaturated/α-hetero) is 1. The highest BCUT2D eigenvalue weighted by Gasteiger charge is 2.17. The fourth-order valence-corrected chi connectivity index (χ4v) is 2.61. The second-order valence-corrected chi connectivity index (χ2v) is 6.22. The lowest BCUT2D eigenvalue weighted by atomic mass is 10.1. The second-order valence-electron chi connectivity index (χ2n) is 5.78. The Balaban J connectivity index is 1.68. The highest BCUT2D eigenvalue weighted by atomic mass is 35.5. The number of carbonyl (C=O) groups excluding carboxylic acids is 2. The molecule has 0 spiro atoms. The van der Waals surface area contributed by atoms with Gasteiger partial charge in [-0.05, 0) is 23.8 Å². The zero-order valence-electron chi connectivity index (χ0n) is 14.4. The van der Waals surface area contributed by atoms with Crippen LogP contribution in [0.25, 0.3) is 0 Å². The molecule has 0 saturated carbocycles. The summed E-state index contributed by atoms with van der Waals surface area (Å²) in [6.07, 6.45) is 0. The molecule has 0 N–H and O–H groups in total. The summed E-state index contributed by atoms with van der Waals surface area (Å²) in [7, 11) is 0. The minimum absolute atomic E-state index is 0.180. The molecule has 0 atom stereocenters. The molecule has 27 heavy (non-hydrogen) atoms. The van der Waals surface area contributed by atoms with Crippen molar-refractivity contribution in [1.29, 1.82) is 0 Å². The topological polar surface area (TPSA) is 52.6 Å². The van der Waals surface area contributed by atoms with Crippen molar-refractivity contribution in [2.24, 2.45) is 0 Å². The number of ether oxygens (including phenoxy) is 2. The first-order valence-electron chi connectivity index (χ1n) is 8.35. The van der Waals surface area contributed by atoms with Gasteiger partial charge in [-0.2, -0.15) is 0 Å². The van der Waals surface area contributed by atoms with Gasteiger partial charge in [0.15, 0.2) is 12.4 Å². The minimum Gasteiger partial charge on any atom is -0.488 e. The van der Waals surface area contributed by atoms with Gasteiger partial charge in [-0.3, -0.25) is 4.79 Å². The van der Waals surface area contributed by atoms with Gasteiger partial charge in [-0.15, -0.1) is 0 Å². The molecule has 0 aliphatic heterocycles. The molecule has 0 unspecified atom stereocenters. The third-order valence-electron chi connectivity index (χ3n) is 3.83. The van der Waals surface area contributed by atoms with E-state index in [1.54, 1.807) is 36.4 Å². The molecule has 0 aromatic heterocycles. The van der Waals surface area contributed by atoms with Gasteiger partial charge in [0.2, 0.25) is 0 Å². The summed E-state index contributed by atoms with van der Waals surface area (Å²) in [5, 5.41) is 0.378. The lowest BCUT2D eigenvalue weighted by Gasteiger charge is -2.12. The van der Waals surface area contributed by atoms with E-state index in [9.17, 15) is 9.59 Å². The van der Waals surface area contributed by atoms with Gasteiger partial charge < -0.3 is 9.47 Å². The van der Waals surface area contributed by atoms with Crippen LogP contribution < -0.4 is 4.74 Å². The zero-order valence-corrected chi connectivity index (χ0v) is 15.2. The summed E-state index contributed by atoms with van der Waals surface area (Å²) >= 11 is 6.01. The van der Waals surface area contributed by atoms with Crippen LogP contribution in [0.15, 0.2) is 78.9 Å². The Hall–Kier alpha value is -3.11. The highest BCUT2D eigenvalue weighted by molar-refractivity contribution is 6.31. The molecule has 5 heteroatoms. The van der Waals surface area contributed by atoms with Crippen molar-refractivity contribution in [2.45, 2.75) is 6.61 Å². The van der Waals surface area contributed by atoms with Gasteiger partial charge in [-0.25, -0.2) is 4.79 Å². The maximum absolute atomic E-state index is 12.5. The van der Waals surface area contributed by atoms with Crippen LogP contribution in [-0.2, 0) is 11.3 Å². The van der Waals surface area contributed by atoms with Crippen LogP contribution in [0.5, 0.6) is 5.75 Å². The summed E-state index contributed by atoms with van der Waals surface area (Å²) in [4.78, 5) is 24.6. The normalized spacial score (nSPS) is 10.3. The number of rotatable bonds is 7. The van der Waals surface area contributed by atoms with E-state index in [1.165, 1.54) is 6.07 Å². The first-order valence-corrected chi connectivity index (χ1v) is 8.73. The molecule has 0 bridgehead atoms. The van der Waals surface area contributed by atoms with Crippen molar-refractivity contribution >= 4 is 23.4 Å². The van der Waals surface area contributed by atoms with Crippen LogP contribution in [0.3, 0.4) is 0 Å². The average molecular weight is 381 g/mol. The van der Waals surface area contributed by atoms with E-state index in [2.05, 4.69) is 0 Å². The summed E-state index contributed by atoms with van der Waals surface area (Å²) < 4.78 is 10.9. The molecular formula is C22H17ClO4. The SMILES string of the molecule is O=C(COC(=O)c1cc(Cl)ccc1OCc1ccccc1)c1ccccc1. The lowest BCUT2D eigenvalue weighted by Crippen LogP contribution is -2.15. The van der Waals surface area contributed by atoms with E-state index >= 15 is 0 Å². The Bertz CT molecular complexity index is 924. The van der Waals surface area contributed by atoms with Gasteiger partial charge in [-0.1, -0.05) is 72.3 Å². The van der Waals surface area contributed by atoms with Crippen molar-refractivity contribution in [3.63, 3.8) is 0 Å². The zero-order chi connectivity index (χ0) is 19.1. The third-order valence-corrected chi connectivity index (χ3v) is 4.06. The van der Waals surface area contributed by atoms with Crippen LogP contribution >= 0.6 is 11.6 Å². The first-order chi connectivity index (χ1) is 13.1. The van der Waals surface area contributed by atoms with E-state index < -0.39 is 5.97 Å². The summed E-state index contributed by atoms with van der Waals surface area (Å²) in [5.74, 6) is -0.594.